The third-order valence-corrected chi connectivity index (χ3v) is 3.20. The summed E-state index contributed by atoms with van der Waals surface area (Å²) >= 11 is 0. The molecular weight excluding hydrogens is 276 g/mol. The number of ether oxygens (including phenoxy) is 2. The third-order valence-electron chi connectivity index (χ3n) is 3.20. The SMILES string of the molecule is CC.CC.Cc1ccccc1C(O)c1ccc2c(c1)OCO2. The van der Waals surface area contributed by atoms with Crippen LogP contribution >= 0.6 is 0 Å². The summed E-state index contributed by atoms with van der Waals surface area (Å²) in [4.78, 5) is 0. The zero-order valence-corrected chi connectivity index (χ0v) is 14.1. The van der Waals surface area contributed by atoms with E-state index in [9.17, 15) is 5.11 Å². The lowest BCUT2D eigenvalue weighted by Gasteiger charge is -2.14. The van der Waals surface area contributed by atoms with Gasteiger partial charge in [0.2, 0.25) is 6.79 Å². The molecule has 0 spiro atoms. The highest BCUT2D eigenvalue weighted by Crippen LogP contribution is 2.36. The Morgan fingerprint density at radius 3 is 2.23 bits per heavy atom. The van der Waals surface area contributed by atoms with Gasteiger partial charge in [0.15, 0.2) is 11.5 Å². The van der Waals surface area contributed by atoms with Gasteiger partial charge >= 0.3 is 0 Å². The van der Waals surface area contributed by atoms with Crippen molar-refractivity contribution in [1.29, 1.82) is 0 Å². The second-order valence-corrected chi connectivity index (χ2v) is 4.37. The van der Waals surface area contributed by atoms with E-state index in [-0.39, 0.29) is 6.79 Å². The molecule has 0 bridgehead atoms. The Morgan fingerprint density at radius 1 is 0.909 bits per heavy atom. The minimum atomic E-state index is -0.638. The fourth-order valence-corrected chi connectivity index (χ4v) is 2.16. The predicted molar refractivity (Wildman–Crippen MR) is 90.5 cm³/mol. The molecule has 0 radical (unpaired) electrons. The molecule has 0 saturated heterocycles. The average Bonchev–Trinajstić information content (AvgIpc) is 3.06. The second-order valence-electron chi connectivity index (χ2n) is 4.37. The van der Waals surface area contributed by atoms with Crippen LogP contribution < -0.4 is 9.47 Å². The number of aryl methyl sites for hydroxylation is 1. The number of aliphatic hydroxyl groups excluding tert-OH is 1. The maximum atomic E-state index is 10.4. The number of benzene rings is 2. The van der Waals surface area contributed by atoms with Crippen LogP contribution in [-0.4, -0.2) is 11.9 Å². The van der Waals surface area contributed by atoms with Crippen LogP contribution in [0.25, 0.3) is 0 Å². The standard InChI is InChI=1S/C15H14O3.2C2H6/c1-10-4-2-3-5-12(10)15(16)11-6-7-13-14(8-11)18-9-17-13;2*1-2/h2-8,15-16H,9H2,1H3;2*1-2H3. The van der Waals surface area contributed by atoms with Gasteiger partial charge in [0.05, 0.1) is 0 Å². The Hall–Kier alpha value is -2.00. The van der Waals surface area contributed by atoms with Crippen LogP contribution in [0.15, 0.2) is 42.5 Å². The van der Waals surface area contributed by atoms with E-state index in [1.54, 1.807) is 0 Å². The predicted octanol–water partition coefficient (Wildman–Crippen LogP) is 4.86. The van der Waals surface area contributed by atoms with Gasteiger partial charge in [-0.1, -0.05) is 58.0 Å². The summed E-state index contributed by atoms with van der Waals surface area (Å²) in [6, 6.07) is 13.4. The Morgan fingerprint density at radius 2 is 1.55 bits per heavy atom. The van der Waals surface area contributed by atoms with E-state index in [4.69, 9.17) is 9.47 Å². The maximum Gasteiger partial charge on any atom is 0.231 e. The molecule has 2 aromatic rings. The van der Waals surface area contributed by atoms with Crippen molar-refractivity contribution in [2.24, 2.45) is 0 Å². The van der Waals surface area contributed by atoms with Crippen LogP contribution in [0.4, 0.5) is 0 Å². The summed E-state index contributed by atoms with van der Waals surface area (Å²) in [5, 5.41) is 10.4. The molecule has 0 amide bonds. The highest BCUT2D eigenvalue weighted by molar-refractivity contribution is 5.47. The molecule has 1 heterocycles. The van der Waals surface area contributed by atoms with Crippen molar-refractivity contribution in [3.8, 4) is 11.5 Å². The van der Waals surface area contributed by atoms with E-state index in [0.717, 1.165) is 22.4 Å². The topological polar surface area (TPSA) is 38.7 Å². The second kappa shape index (κ2) is 9.11. The van der Waals surface area contributed by atoms with Gasteiger partial charge in [0, 0.05) is 0 Å². The molecule has 1 N–H and O–H groups in total. The maximum absolute atomic E-state index is 10.4. The van der Waals surface area contributed by atoms with Gasteiger partial charge in [-0.25, -0.2) is 0 Å². The van der Waals surface area contributed by atoms with Crippen LogP contribution in [0.5, 0.6) is 11.5 Å². The average molecular weight is 302 g/mol. The molecule has 1 atom stereocenters. The van der Waals surface area contributed by atoms with Gasteiger partial charge < -0.3 is 14.6 Å². The van der Waals surface area contributed by atoms with Crippen LogP contribution in [0.2, 0.25) is 0 Å². The number of hydrogen-bond donors (Lipinski definition) is 1. The minimum absolute atomic E-state index is 0.249. The molecule has 0 aromatic heterocycles. The summed E-state index contributed by atoms with van der Waals surface area (Å²) < 4.78 is 10.6. The van der Waals surface area contributed by atoms with Crippen molar-refractivity contribution in [3.05, 3.63) is 59.2 Å². The van der Waals surface area contributed by atoms with Crippen molar-refractivity contribution in [1.82, 2.24) is 0 Å². The van der Waals surface area contributed by atoms with Crippen LogP contribution in [0.3, 0.4) is 0 Å². The highest BCUT2D eigenvalue weighted by Gasteiger charge is 2.18. The summed E-state index contributed by atoms with van der Waals surface area (Å²) in [6.07, 6.45) is -0.638. The molecule has 1 unspecified atom stereocenters. The first-order chi connectivity index (χ1) is 10.8. The van der Waals surface area contributed by atoms with E-state index in [2.05, 4.69) is 0 Å². The van der Waals surface area contributed by atoms with Crippen LogP contribution in [0.1, 0.15) is 50.5 Å². The smallest absolute Gasteiger partial charge is 0.231 e. The number of rotatable bonds is 2. The number of hydrogen-bond acceptors (Lipinski definition) is 3. The third kappa shape index (κ3) is 4.01. The fraction of sp³-hybridized carbons (Fsp3) is 0.368. The molecule has 3 heteroatoms. The molecule has 0 saturated carbocycles. The summed E-state index contributed by atoms with van der Waals surface area (Å²) in [7, 11) is 0. The number of fused-ring (bicyclic) bond motifs is 1. The molecule has 120 valence electrons. The largest absolute Gasteiger partial charge is 0.454 e. The zero-order chi connectivity index (χ0) is 16.5. The van der Waals surface area contributed by atoms with Gasteiger partial charge in [-0.3, -0.25) is 0 Å². The normalized spacial score (nSPS) is 12.5. The molecule has 2 aromatic carbocycles. The van der Waals surface area contributed by atoms with Crippen molar-refractivity contribution in [3.63, 3.8) is 0 Å². The fourth-order valence-electron chi connectivity index (χ4n) is 2.16. The molecule has 1 aliphatic heterocycles. The molecule has 0 aliphatic carbocycles. The van der Waals surface area contributed by atoms with Crippen LogP contribution in [-0.2, 0) is 0 Å². The van der Waals surface area contributed by atoms with Gasteiger partial charge in [-0.15, -0.1) is 0 Å². The first-order valence-corrected chi connectivity index (χ1v) is 7.89. The molecular formula is C19H26O3. The van der Waals surface area contributed by atoms with E-state index in [1.807, 2.05) is 77.1 Å². The van der Waals surface area contributed by atoms with Crippen LogP contribution in [0, 0.1) is 6.92 Å². The molecule has 3 rings (SSSR count). The summed E-state index contributed by atoms with van der Waals surface area (Å²) in [6.45, 7) is 10.2. The van der Waals surface area contributed by atoms with Crippen molar-refractivity contribution >= 4 is 0 Å². The molecule has 3 nitrogen and oxygen atoms in total. The van der Waals surface area contributed by atoms with E-state index in [0.29, 0.717) is 5.75 Å². The number of aliphatic hydroxyl groups is 1. The first kappa shape index (κ1) is 18.1. The molecule has 22 heavy (non-hydrogen) atoms. The Kier molecular flexibility index (Phi) is 7.47. The monoisotopic (exact) mass is 302 g/mol. The lowest BCUT2D eigenvalue weighted by Crippen LogP contribution is -2.01. The Labute approximate surface area is 133 Å². The van der Waals surface area contributed by atoms with Gasteiger partial charge in [0.25, 0.3) is 0 Å². The Bertz CT molecular complexity index is 579. The molecule has 0 fully saturated rings. The van der Waals surface area contributed by atoms with Crippen molar-refractivity contribution < 1.29 is 14.6 Å². The lowest BCUT2D eigenvalue weighted by molar-refractivity contribution is 0.173. The van der Waals surface area contributed by atoms with Gasteiger partial charge in [0.1, 0.15) is 6.10 Å². The lowest BCUT2D eigenvalue weighted by atomic mass is 9.97. The van der Waals surface area contributed by atoms with E-state index >= 15 is 0 Å². The van der Waals surface area contributed by atoms with Crippen molar-refractivity contribution in [2.75, 3.05) is 6.79 Å². The van der Waals surface area contributed by atoms with E-state index < -0.39 is 6.10 Å². The van der Waals surface area contributed by atoms with Gasteiger partial charge in [-0.2, -0.15) is 0 Å². The van der Waals surface area contributed by atoms with Gasteiger partial charge in [-0.05, 0) is 35.7 Å². The van der Waals surface area contributed by atoms with E-state index in [1.165, 1.54) is 0 Å². The quantitative estimate of drug-likeness (QED) is 0.861. The minimum Gasteiger partial charge on any atom is -0.454 e. The summed E-state index contributed by atoms with van der Waals surface area (Å²) in [5.74, 6) is 1.43. The molecule has 1 aliphatic rings. The summed E-state index contributed by atoms with van der Waals surface area (Å²) in [5.41, 5.74) is 2.80. The highest BCUT2D eigenvalue weighted by atomic mass is 16.7. The zero-order valence-electron chi connectivity index (χ0n) is 14.1. The Balaban J connectivity index is 0.000000561. The first-order valence-electron chi connectivity index (χ1n) is 7.89. The van der Waals surface area contributed by atoms with Crippen molar-refractivity contribution in [2.45, 2.75) is 40.7 Å².